The molecule has 0 bridgehead atoms. The van der Waals surface area contributed by atoms with Gasteiger partial charge in [0.2, 0.25) is 10.0 Å². The maximum absolute atomic E-state index is 12.8. The van der Waals surface area contributed by atoms with E-state index in [-0.39, 0.29) is 23.0 Å². The van der Waals surface area contributed by atoms with Gasteiger partial charge in [-0.25, -0.2) is 17.8 Å². The summed E-state index contributed by atoms with van der Waals surface area (Å²) in [6, 6.07) is 10.1. The van der Waals surface area contributed by atoms with Crippen molar-refractivity contribution in [3.05, 3.63) is 59.7 Å². The van der Waals surface area contributed by atoms with E-state index >= 15 is 0 Å². The summed E-state index contributed by atoms with van der Waals surface area (Å²) in [4.78, 5) is 3.75. The first kappa shape index (κ1) is 15.1. The number of pyridine rings is 1. The number of benzene rings is 1. The number of hydrogen-bond donors (Lipinski definition) is 0. The minimum atomic E-state index is -3.70. The Balaban J connectivity index is 2.21. The van der Waals surface area contributed by atoms with Crippen LogP contribution in [0.4, 0.5) is 4.39 Å². The maximum Gasteiger partial charge on any atom is 0.244 e. The van der Waals surface area contributed by atoms with Crippen molar-refractivity contribution in [2.75, 3.05) is 7.05 Å². The number of nitriles is 1. The predicted octanol–water partition coefficient (Wildman–Crippen LogP) is 1.91. The molecule has 2 rings (SSSR count). The minimum Gasteiger partial charge on any atom is -0.244 e. The van der Waals surface area contributed by atoms with E-state index in [1.54, 1.807) is 0 Å². The summed E-state index contributed by atoms with van der Waals surface area (Å²) < 4.78 is 38.6. The maximum atomic E-state index is 12.8. The summed E-state index contributed by atoms with van der Waals surface area (Å²) in [5.74, 6) is -0.374. The van der Waals surface area contributed by atoms with Crippen LogP contribution in [0, 0.1) is 17.1 Å². The third-order valence-corrected chi connectivity index (χ3v) is 4.66. The van der Waals surface area contributed by atoms with Gasteiger partial charge in [0.25, 0.3) is 0 Å². The zero-order valence-electron chi connectivity index (χ0n) is 11.2. The molecule has 7 heteroatoms. The van der Waals surface area contributed by atoms with Crippen molar-refractivity contribution in [1.29, 1.82) is 5.26 Å². The van der Waals surface area contributed by atoms with Crippen LogP contribution in [0.1, 0.15) is 11.3 Å². The van der Waals surface area contributed by atoms with Gasteiger partial charge in [0.15, 0.2) is 0 Å². The van der Waals surface area contributed by atoms with E-state index in [4.69, 9.17) is 5.26 Å². The summed E-state index contributed by atoms with van der Waals surface area (Å²) in [6.07, 6.45) is 1.15. The van der Waals surface area contributed by atoms with Crippen molar-refractivity contribution in [3.8, 4) is 6.07 Å². The van der Waals surface area contributed by atoms with Crippen LogP contribution in [0.2, 0.25) is 0 Å². The third kappa shape index (κ3) is 3.42. The summed E-state index contributed by atoms with van der Waals surface area (Å²) in [7, 11) is -2.28. The van der Waals surface area contributed by atoms with Crippen molar-refractivity contribution < 1.29 is 12.8 Å². The molecule has 1 aromatic carbocycles. The highest BCUT2D eigenvalue weighted by Gasteiger charge is 2.21. The van der Waals surface area contributed by atoms with Crippen LogP contribution in [0.25, 0.3) is 0 Å². The average Bonchev–Trinajstić information content (AvgIpc) is 2.49. The lowest BCUT2D eigenvalue weighted by atomic mass is 10.2. The Kier molecular flexibility index (Phi) is 4.31. The molecule has 1 heterocycles. The van der Waals surface area contributed by atoms with Crippen molar-refractivity contribution in [1.82, 2.24) is 9.29 Å². The summed E-state index contributed by atoms with van der Waals surface area (Å²) in [6.45, 7) is 0.114. The smallest absolute Gasteiger partial charge is 0.244 e. The molecule has 0 aliphatic heterocycles. The first-order valence-corrected chi connectivity index (χ1v) is 7.44. The highest BCUT2D eigenvalue weighted by molar-refractivity contribution is 7.89. The average molecular weight is 305 g/mol. The molecule has 21 heavy (non-hydrogen) atoms. The fourth-order valence-corrected chi connectivity index (χ4v) is 2.82. The van der Waals surface area contributed by atoms with Crippen molar-refractivity contribution in [3.63, 3.8) is 0 Å². The molecular weight excluding hydrogens is 293 g/mol. The van der Waals surface area contributed by atoms with Gasteiger partial charge in [-0.1, -0.05) is 12.1 Å². The van der Waals surface area contributed by atoms with E-state index in [9.17, 15) is 12.8 Å². The third-order valence-electron chi connectivity index (χ3n) is 2.88. The van der Waals surface area contributed by atoms with Gasteiger partial charge >= 0.3 is 0 Å². The van der Waals surface area contributed by atoms with Crippen LogP contribution in [0.3, 0.4) is 0 Å². The van der Waals surface area contributed by atoms with Gasteiger partial charge < -0.3 is 0 Å². The first-order chi connectivity index (χ1) is 9.93. The molecule has 0 fully saturated rings. The standard InChI is InChI=1S/C14H12FN3O2S/c1-18(10-11-2-4-12(15)5-3-11)21(19,20)14-7-6-13(8-16)17-9-14/h2-7,9H,10H2,1H3. The molecule has 108 valence electrons. The van der Waals surface area contributed by atoms with Crippen LogP contribution in [-0.2, 0) is 16.6 Å². The highest BCUT2D eigenvalue weighted by Crippen LogP contribution is 2.16. The Bertz CT molecular complexity index is 765. The molecule has 0 saturated carbocycles. The quantitative estimate of drug-likeness (QED) is 0.865. The Labute approximate surface area is 122 Å². The fourth-order valence-electron chi connectivity index (χ4n) is 1.71. The monoisotopic (exact) mass is 305 g/mol. The second kappa shape index (κ2) is 5.99. The molecular formula is C14H12FN3O2S. The van der Waals surface area contributed by atoms with E-state index < -0.39 is 10.0 Å². The van der Waals surface area contributed by atoms with Gasteiger partial charge in [0.05, 0.1) is 0 Å². The van der Waals surface area contributed by atoms with Crippen molar-refractivity contribution in [2.45, 2.75) is 11.4 Å². The van der Waals surface area contributed by atoms with Gasteiger partial charge in [-0.15, -0.1) is 0 Å². The zero-order valence-corrected chi connectivity index (χ0v) is 12.0. The lowest BCUT2D eigenvalue weighted by Gasteiger charge is -2.17. The summed E-state index contributed by atoms with van der Waals surface area (Å²) in [5.41, 5.74) is 0.819. The van der Waals surface area contributed by atoms with E-state index in [1.807, 2.05) is 6.07 Å². The van der Waals surface area contributed by atoms with Crippen LogP contribution in [-0.4, -0.2) is 24.8 Å². The van der Waals surface area contributed by atoms with E-state index in [1.165, 1.54) is 43.4 Å². The van der Waals surface area contributed by atoms with Gasteiger partial charge in [-0.3, -0.25) is 0 Å². The number of halogens is 1. The minimum absolute atomic E-state index is 0.00566. The van der Waals surface area contributed by atoms with Crippen molar-refractivity contribution >= 4 is 10.0 Å². The predicted molar refractivity (Wildman–Crippen MR) is 74.0 cm³/mol. The number of hydrogen-bond acceptors (Lipinski definition) is 4. The van der Waals surface area contributed by atoms with Gasteiger partial charge in [-0.05, 0) is 29.8 Å². The highest BCUT2D eigenvalue weighted by atomic mass is 32.2. The summed E-state index contributed by atoms with van der Waals surface area (Å²) >= 11 is 0. The van der Waals surface area contributed by atoms with E-state index in [0.717, 1.165) is 10.5 Å². The number of nitrogens with zero attached hydrogens (tertiary/aromatic N) is 3. The van der Waals surface area contributed by atoms with Crippen molar-refractivity contribution in [2.24, 2.45) is 0 Å². The van der Waals surface area contributed by atoms with Crippen LogP contribution in [0.15, 0.2) is 47.5 Å². The van der Waals surface area contributed by atoms with Crippen LogP contribution < -0.4 is 0 Å². The molecule has 0 N–H and O–H groups in total. The molecule has 0 saturated heterocycles. The molecule has 0 aliphatic rings. The lowest BCUT2D eigenvalue weighted by Crippen LogP contribution is -2.26. The first-order valence-electron chi connectivity index (χ1n) is 6.00. The molecule has 0 spiro atoms. The second-order valence-corrected chi connectivity index (χ2v) is 6.42. The normalized spacial score (nSPS) is 11.3. The number of rotatable bonds is 4. The molecule has 5 nitrogen and oxygen atoms in total. The Hall–Kier alpha value is -2.30. The molecule has 0 radical (unpaired) electrons. The largest absolute Gasteiger partial charge is 0.244 e. The summed E-state index contributed by atoms with van der Waals surface area (Å²) in [5, 5.41) is 8.65. The Morgan fingerprint density at radius 2 is 1.90 bits per heavy atom. The van der Waals surface area contributed by atoms with Gasteiger partial charge in [0.1, 0.15) is 22.5 Å². The molecule has 1 aromatic heterocycles. The molecule has 0 unspecified atom stereocenters. The lowest BCUT2D eigenvalue weighted by molar-refractivity contribution is 0.466. The van der Waals surface area contributed by atoms with Crippen LogP contribution in [0.5, 0.6) is 0 Å². The van der Waals surface area contributed by atoms with Gasteiger partial charge in [0, 0.05) is 19.8 Å². The second-order valence-electron chi connectivity index (χ2n) is 4.38. The molecule has 0 aliphatic carbocycles. The van der Waals surface area contributed by atoms with Gasteiger partial charge in [-0.2, -0.15) is 9.57 Å². The topological polar surface area (TPSA) is 74.1 Å². The fraction of sp³-hybridized carbons (Fsp3) is 0.143. The zero-order chi connectivity index (χ0) is 15.5. The number of aromatic nitrogens is 1. The van der Waals surface area contributed by atoms with E-state index in [0.29, 0.717) is 5.56 Å². The van der Waals surface area contributed by atoms with E-state index in [2.05, 4.69) is 4.98 Å². The Morgan fingerprint density at radius 1 is 1.24 bits per heavy atom. The Morgan fingerprint density at radius 3 is 2.43 bits per heavy atom. The molecule has 2 aromatic rings. The molecule has 0 amide bonds. The number of sulfonamides is 1. The van der Waals surface area contributed by atoms with Crippen LogP contribution >= 0.6 is 0 Å². The molecule has 0 atom stereocenters. The SMILES string of the molecule is CN(Cc1ccc(F)cc1)S(=O)(=O)c1ccc(C#N)nc1.